The molecular formula is C4H10N2O. The maximum Gasteiger partial charge on any atom is 0.170 e. The Hall–Kier alpha value is -0.380. The molecule has 0 aromatic heterocycles. The van der Waals surface area contributed by atoms with Gasteiger partial charge in [-0.1, -0.05) is 6.08 Å². The number of hydrogen-bond donors (Lipinski definition) is 3. The van der Waals surface area contributed by atoms with E-state index in [0.29, 0.717) is 0 Å². The Morgan fingerprint density at radius 2 is 2.14 bits per heavy atom. The van der Waals surface area contributed by atoms with E-state index in [1.54, 1.807) is 0 Å². The van der Waals surface area contributed by atoms with Crippen molar-refractivity contribution in [1.82, 2.24) is 0 Å². The predicted octanol–water partition coefficient (Wildman–Crippen LogP) is -0.874. The third-order valence-corrected chi connectivity index (χ3v) is 0.471. The molecule has 0 heterocycles. The summed E-state index contributed by atoms with van der Waals surface area (Å²) in [6.07, 6.45) is 1.67. The fourth-order valence-electron chi connectivity index (χ4n) is 0.231. The van der Waals surface area contributed by atoms with Gasteiger partial charge in [-0.2, -0.15) is 0 Å². The van der Waals surface area contributed by atoms with Gasteiger partial charge < -0.3 is 5.11 Å². The average Bonchev–Trinajstić information content (AvgIpc) is 1.30. The van der Waals surface area contributed by atoms with Gasteiger partial charge in [-0.3, -0.25) is 11.5 Å². The quantitative estimate of drug-likeness (QED) is 0.313. The molecular weight excluding hydrogens is 92.1 g/mol. The van der Waals surface area contributed by atoms with Crippen molar-refractivity contribution in [1.29, 1.82) is 0 Å². The van der Waals surface area contributed by atoms with E-state index in [-0.39, 0.29) is 6.42 Å². The van der Waals surface area contributed by atoms with Crippen LogP contribution in [0.1, 0.15) is 6.42 Å². The van der Waals surface area contributed by atoms with Crippen molar-refractivity contribution in [2.45, 2.75) is 12.3 Å². The fraction of sp³-hybridized carbons (Fsp3) is 0.500. The summed E-state index contributed by atoms with van der Waals surface area (Å²) in [6, 6.07) is 0. The molecule has 0 radical (unpaired) electrons. The first-order valence-corrected chi connectivity index (χ1v) is 1.97. The van der Waals surface area contributed by atoms with Crippen LogP contribution in [0.15, 0.2) is 12.7 Å². The van der Waals surface area contributed by atoms with E-state index in [9.17, 15) is 0 Å². The molecule has 0 aromatic carbocycles. The average molecular weight is 102 g/mol. The first-order valence-electron chi connectivity index (χ1n) is 1.97. The van der Waals surface area contributed by atoms with Gasteiger partial charge in [-0.15, -0.1) is 6.58 Å². The fourth-order valence-corrected chi connectivity index (χ4v) is 0.231. The maximum absolute atomic E-state index is 8.50. The van der Waals surface area contributed by atoms with E-state index < -0.39 is 5.85 Å². The lowest BCUT2D eigenvalue weighted by atomic mass is 10.3. The summed E-state index contributed by atoms with van der Waals surface area (Å²) in [5.74, 6) is -1.57. The number of hydrogen-bond acceptors (Lipinski definition) is 3. The van der Waals surface area contributed by atoms with Gasteiger partial charge in [0.1, 0.15) is 0 Å². The summed E-state index contributed by atoms with van der Waals surface area (Å²) in [5, 5.41) is 8.50. The highest BCUT2D eigenvalue weighted by molar-refractivity contribution is 4.75. The minimum atomic E-state index is -1.57. The van der Waals surface area contributed by atoms with Gasteiger partial charge in [-0.25, -0.2) is 0 Å². The molecule has 0 aromatic rings. The van der Waals surface area contributed by atoms with Gasteiger partial charge in [0.15, 0.2) is 5.85 Å². The van der Waals surface area contributed by atoms with Gasteiger partial charge in [0.2, 0.25) is 0 Å². The highest BCUT2D eigenvalue weighted by Crippen LogP contribution is 1.89. The van der Waals surface area contributed by atoms with Gasteiger partial charge in [-0.05, 0) is 0 Å². The summed E-state index contributed by atoms with van der Waals surface area (Å²) in [5.41, 5.74) is 9.82. The molecule has 5 N–H and O–H groups in total. The molecule has 0 amide bonds. The zero-order valence-corrected chi connectivity index (χ0v) is 4.09. The Balaban J connectivity index is 3.34. The Labute approximate surface area is 42.6 Å². The lowest BCUT2D eigenvalue weighted by molar-refractivity contribution is 0.0573. The molecule has 0 saturated heterocycles. The van der Waals surface area contributed by atoms with Gasteiger partial charge in [0, 0.05) is 6.42 Å². The Morgan fingerprint density at radius 1 is 1.71 bits per heavy atom. The van der Waals surface area contributed by atoms with E-state index in [4.69, 9.17) is 16.6 Å². The van der Waals surface area contributed by atoms with Crippen molar-refractivity contribution in [3.05, 3.63) is 12.7 Å². The second-order valence-electron chi connectivity index (χ2n) is 1.48. The van der Waals surface area contributed by atoms with Crippen LogP contribution in [-0.2, 0) is 0 Å². The van der Waals surface area contributed by atoms with E-state index in [0.717, 1.165) is 0 Å². The molecule has 3 heteroatoms. The number of nitrogens with two attached hydrogens (primary N) is 2. The smallest absolute Gasteiger partial charge is 0.170 e. The minimum absolute atomic E-state index is 0.215. The summed E-state index contributed by atoms with van der Waals surface area (Å²) < 4.78 is 0. The van der Waals surface area contributed by atoms with Crippen LogP contribution in [0.3, 0.4) is 0 Å². The number of rotatable bonds is 2. The van der Waals surface area contributed by atoms with Crippen molar-refractivity contribution in [2.75, 3.05) is 0 Å². The van der Waals surface area contributed by atoms with Crippen molar-refractivity contribution < 1.29 is 5.11 Å². The Bertz CT molecular complexity index is 64.6. The van der Waals surface area contributed by atoms with Gasteiger partial charge in [0.05, 0.1) is 0 Å². The largest absolute Gasteiger partial charge is 0.363 e. The van der Waals surface area contributed by atoms with Gasteiger partial charge >= 0.3 is 0 Å². The summed E-state index contributed by atoms with van der Waals surface area (Å²) in [6.45, 7) is 3.33. The number of aliphatic hydroxyl groups is 1. The van der Waals surface area contributed by atoms with Crippen molar-refractivity contribution in [3.63, 3.8) is 0 Å². The lowest BCUT2D eigenvalue weighted by Crippen LogP contribution is -2.48. The molecule has 0 unspecified atom stereocenters. The first kappa shape index (κ1) is 6.62. The van der Waals surface area contributed by atoms with Crippen LogP contribution in [0.2, 0.25) is 0 Å². The Morgan fingerprint density at radius 3 is 2.14 bits per heavy atom. The molecule has 0 bridgehead atoms. The molecule has 0 fully saturated rings. The highest BCUT2D eigenvalue weighted by Gasteiger charge is 2.08. The van der Waals surface area contributed by atoms with Crippen LogP contribution >= 0.6 is 0 Å². The lowest BCUT2D eigenvalue weighted by Gasteiger charge is -2.12. The zero-order chi connectivity index (χ0) is 5.91. The normalized spacial score (nSPS) is 11.3. The van der Waals surface area contributed by atoms with Crippen molar-refractivity contribution in [3.8, 4) is 0 Å². The van der Waals surface area contributed by atoms with Crippen LogP contribution < -0.4 is 11.5 Å². The van der Waals surface area contributed by atoms with E-state index in [2.05, 4.69) is 6.58 Å². The molecule has 0 rings (SSSR count). The van der Waals surface area contributed by atoms with Crippen LogP contribution in [0.25, 0.3) is 0 Å². The van der Waals surface area contributed by atoms with Crippen molar-refractivity contribution >= 4 is 0 Å². The molecule has 3 nitrogen and oxygen atoms in total. The minimum Gasteiger partial charge on any atom is -0.363 e. The van der Waals surface area contributed by atoms with Crippen LogP contribution in [0.4, 0.5) is 0 Å². The molecule has 0 aliphatic rings. The molecule has 42 valence electrons. The maximum atomic E-state index is 8.50. The van der Waals surface area contributed by atoms with Crippen LogP contribution in [-0.4, -0.2) is 11.0 Å². The van der Waals surface area contributed by atoms with E-state index in [1.165, 1.54) is 6.08 Å². The van der Waals surface area contributed by atoms with E-state index in [1.807, 2.05) is 0 Å². The van der Waals surface area contributed by atoms with Crippen molar-refractivity contribution in [2.24, 2.45) is 11.5 Å². The monoisotopic (exact) mass is 102 g/mol. The Kier molecular flexibility index (Phi) is 1.95. The molecule has 7 heavy (non-hydrogen) atoms. The second-order valence-corrected chi connectivity index (χ2v) is 1.48. The first-order chi connectivity index (χ1) is 3.06. The van der Waals surface area contributed by atoms with Gasteiger partial charge in [0.25, 0.3) is 0 Å². The zero-order valence-electron chi connectivity index (χ0n) is 4.09. The molecule has 0 aliphatic carbocycles. The molecule has 0 saturated carbocycles. The summed E-state index contributed by atoms with van der Waals surface area (Å²) >= 11 is 0. The summed E-state index contributed by atoms with van der Waals surface area (Å²) in [7, 11) is 0. The molecule has 0 atom stereocenters. The topological polar surface area (TPSA) is 72.3 Å². The standard InChI is InChI=1S/C4H10N2O/c1-2-3-4(5,6)7/h2,7H,1,3,5-6H2. The van der Waals surface area contributed by atoms with E-state index >= 15 is 0 Å². The second kappa shape index (κ2) is 2.07. The third-order valence-electron chi connectivity index (χ3n) is 0.471. The predicted molar refractivity (Wildman–Crippen MR) is 28.1 cm³/mol. The SMILES string of the molecule is C=CCC(N)(N)O. The third kappa shape index (κ3) is 5.62. The van der Waals surface area contributed by atoms with Crippen LogP contribution in [0.5, 0.6) is 0 Å². The van der Waals surface area contributed by atoms with Crippen LogP contribution in [0, 0.1) is 0 Å². The summed E-state index contributed by atoms with van der Waals surface area (Å²) in [4.78, 5) is 0. The highest BCUT2D eigenvalue weighted by atomic mass is 16.3. The molecule has 0 spiro atoms. The molecule has 0 aliphatic heterocycles.